The van der Waals surface area contributed by atoms with Crippen molar-refractivity contribution in [3.05, 3.63) is 35.1 Å². The Morgan fingerprint density at radius 1 is 1.37 bits per heavy atom. The van der Waals surface area contributed by atoms with Crippen LogP contribution in [0, 0.1) is 0 Å². The number of imidazole rings is 1. The Morgan fingerprint density at radius 3 is 2.95 bits per heavy atom. The van der Waals surface area contributed by atoms with Gasteiger partial charge in [0.25, 0.3) is 0 Å². The largest absolute Gasteiger partial charge is 0.495 e. The number of methoxy groups -OCH3 is 2. The van der Waals surface area contributed by atoms with Crippen molar-refractivity contribution < 1.29 is 9.47 Å². The van der Waals surface area contributed by atoms with Crippen LogP contribution in [0.25, 0.3) is 5.69 Å². The second kappa shape index (κ2) is 6.58. The number of rotatable bonds is 6. The zero-order valence-corrected chi connectivity index (χ0v) is 12.5. The summed E-state index contributed by atoms with van der Waals surface area (Å²) in [7, 11) is 3.33. The third-order valence-electron chi connectivity index (χ3n) is 2.63. The lowest BCUT2D eigenvalue weighted by Crippen LogP contribution is -2.12. The molecule has 1 aromatic carbocycles. The van der Waals surface area contributed by atoms with E-state index in [2.05, 4.69) is 26.2 Å². The number of benzene rings is 1. The van der Waals surface area contributed by atoms with Gasteiger partial charge in [-0.3, -0.25) is 4.57 Å². The van der Waals surface area contributed by atoms with Crippen LogP contribution in [0.5, 0.6) is 5.75 Å². The molecule has 0 radical (unpaired) electrons. The first-order valence-electron chi connectivity index (χ1n) is 5.86. The first-order chi connectivity index (χ1) is 9.26. The molecular formula is C13H16BrN3O2. The fourth-order valence-electron chi connectivity index (χ4n) is 1.74. The van der Waals surface area contributed by atoms with Crippen LogP contribution in [0.4, 0.5) is 5.95 Å². The molecule has 0 aliphatic heterocycles. The van der Waals surface area contributed by atoms with E-state index >= 15 is 0 Å². The van der Waals surface area contributed by atoms with Gasteiger partial charge in [0.2, 0.25) is 5.95 Å². The molecule has 0 saturated carbocycles. The Balaban J connectivity index is 2.31. The molecule has 1 heterocycles. The summed E-state index contributed by atoms with van der Waals surface area (Å²) in [5, 5.41) is 3.22. The Morgan fingerprint density at radius 2 is 2.21 bits per heavy atom. The molecule has 0 aliphatic carbocycles. The molecule has 2 rings (SSSR count). The van der Waals surface area contributed by atoms with Crippen LogP contribution < -0.4 is 10.1 Å². The Kier molecular flexibility index (Phi) is 4.81. The average Bonchev–Trinajstić information content (AvgIpc) is 2.87. The number of anilines is 1. The van der Waals surface area contributed by atoms with Gasteiger partial charge < -0.3 is 14.8 Å². The third kappa shape index (κ3) is 3.27. The topological polar surface area (TPSA) is 48.3 Å². The standard InChI is InChI=1S/C13H16BrN3O2/c1-18-8-6-16-13-15-5-7-17(13)11-9-10(14)3-4-12(11)19-2/h3-5,7,9H,6,8H2,1-2H3,(H,15,16). The Hall–Kier alpha value is -1.53. The van der Waals surface area contributed by atoms with Crippen LogP contribution in [0.3, 0.4) is 0 Å². The lowest BCUT2D eigenvalue weighted by Gasteiger charge is -2.13. The van der Waals surface area contributed by atoms with E-state index in [0.717, 1.165) is 21.9 Å². The molecule has 0 saturated heterocycles. The van der Waals surface area contributed by atoms with Crippen molar-refractivity contribution in [2.45, 2.75) is 0 Å². The first kappa shape index (κ1) is 13.9. The third-order valence-corrected chi connectivity index (χ3v) is 3.12. The summed E-state index contributed by atoms with van der Waals surface area (Å²) >= 11 is 3.47. The highest BCUT2D eigenvalue weighted by atomic mass is 79.9. The van der Waals surface area contributed by atoms with Crippen LogP contribution in [0.2, 0.25) is 0 Å². The second-order valence-corrected chi connectivity index (χ2v) is 4.77. The van der Waals surface area contributed by atoms with Crippen molar-refractivity contribution in [1.82, 2.24) is 9.55 Å². The highest BCUT2D eigenvalue weighted by Gasteiger charge is 2.10. The number of nitrogens with one attached hydrogen (secondary N) is 1. The van der Waals surface area contributed by atoms with Gasteiger partial charge in [-0.1, -0.05) is 15.9 Å². The summed E-state index contributed by atoms with van der Waals surface area (Å²) in [6.45, 7) is 1.33. The van der Waals surface area contributed by atoms with Crippen LogP contribution >= 0.6 is 15.9 Å². The van der Waals surface area contributed by atoms with Gasteiger partial charge >= 0.3 is 0 Å². The quantitative estimate of drug-likeness (QED) is 0.829. The van der Waals surface area contributed by atoms with Crippen LogP contribution in [-0.4, -0.2) is 36.9 Å². The molecule has 102 valence electrons. The molecule has 0 unspecified atom stereocenters. The summed E-state index contributed by atoms with van der Waals surface area (Å²) in [6, 6.07) is 5.84. The maximum absolute atomic E-state index is 5.38. The van der Waals surface area contributed by atoms with Crippen molar-refractivity contribution >= 4 is 21.9 Å². The summed E-state index contributed by atoms with van der Waals surface area (Å²) < 4.78 is 13.3. The van der Waals surface area contributed by atoms with Gasteiger partial charge in [-0.05, 0) is 18.2 Å². The molecule has 0 aliphatic rings. The minimum absolute atomic E-state index is 0.627. The van der Waals surface area contributed by atoms with Gasteiger partial charge in [-0.2, -0.15) is 0 Å². The molecule has 6 heteroatoms. The lowest BCUT2D eigenvalue weighted by molar-refractivity contribution is 0.210. The van der Waals surface area contributed by atoms with E-state index in [4.69, 9.17) is 9.47 Å². The van der Waals surface area contributed by atoms with E-state index in [0.29, 0.717) is 13.2 Å². The highest BCUT2D eigenvalue weighted by molar-refractivity contribution is 9.10. The summed E-state index contributed by atoms with van der Waals surface area (Å²) in [6.07, 6.45) is 3.63. The maximum Gasteiger partial charge on any atom is 0.207 e. The zero-order valence-electron chi connectivity index (χ0n) is 10.9. The fourth-order valence-corrected chi connectivity index (χ4v) is 2.09. The van der Waals surface area contributed by atoms with E-state index in [-0.39, 0.29) is 0 Å². The van der Waals surface area contributed by atoms with E-state index in [9.17, 15) is 0 Å². The molecular weight excluding hydrogens is 310 g/mol. The van der Waals surface area contributed by atoms with Crippen LogP contribution in [-0.2, 0) is 4.74 Å². The van der Waals surface area contributed by atoms with Gasteiger partial charge in [0.15, 0.2) is 0 Å². The molecule has 0 atom stereocenters. The summed E-state index contributed by atoms with van der Waals surface area (Å²) in [5.41, 5.74) is 0.925. The average molecular weight is 326 g/mol. The van der Waals surface area contributed by atoms with Crippen molar-refractivity contribution in [2.75, 3.05) is 32.7 Å². The number of nitrogens with zero attached hydrogens (tertiary/aromatic N) is 2. The van der Waals surface area contributed by atoms with E-state index in [1.807, 2.05) is 29.0 Å². The van der Waals surface area contributed by atoms with Crippen LogP contribution in [0.15, 0.2) is 35.1 Å². The SMILES string of the molecule is COCCNc1nccn1-c1cc(Br)ccc1OC. The van der Waals surface area contributed by atoms with Gasteiger partial charge in [0.05, 0.1) is 19.4 Å². The molecule has 2 aromatic rings. The monoisotopic (exact) mass is 325 g/mol. The number of hydrogen-bond acceptors (Lipinski definition) is 4. The van der Waals surface area contributed by atoms with E-state index in [1.165, 1.54) is 0 Å². The molecule has 1 N–H and O–H groups in total. The minimum atomic E-state index is 0.627. The fraction of sp³-hybridized carbons (Fsp3) is 0.308. The molecule has 0 fully saturated rings. The number of aromatic nitrogens is 2. The van der Waals surface area contributed by atoms with Crippen LogP contribution in [0.1, 0.15) is 0 Å². The molecule has 0 bridgehead atoms. The van der Waals surface area contributed by atoms with Crippen molar-refractivity contribution in [2.24, 2.45) is 0 Å². The predicted octanol–water partition coefficient (Wildman–Crippen LogP) is 2.70. The van der Waals surface area contributed by atoms with E-state index in [1.54, 1.807) is 20.4 Å². The smallest absolute Gasteiger partial charge is 0.207 e. The number of halogens is 1. The molecule has 0 amide bonds. The summed E-state index contributed by atoms with van der Waals surface area (Å²) in [5.74, 6) is 1.55. The normalized spacial score (nSPS) is 10.5. The minimum Gasteiger partial charge on any atom is -0.495 e. The van der Waals surface area contributed by atoms with Gasteiger partial charge in [0, 0.05) is 30.5 Å². The zero-order chi connectivity index (χ0) is 13.7. The van der Waals surface area contributed by atoms with Gasteiger partial charge in [-0.15, -0.1) is 0 Å². The predicted molar refractivity (Wildman–Crippen MR) is 78.2 cm³/mol. The molecule has 19 heavy (non-hydrogen) atoms. The van der Waals surface area contributed by atoms with Gasteiger partial charge in [0.1, 0.15) is 5.75 Å². The van der Waals surface area contributed by atoms with Crippen molar-refractivity contribution in [3.8, 4) is 11.4 Å². The molecule has 0 spiro atoms. The van der Waals surface area contributed by atoms with Crippen molar-refractivity contribution in [3.63, 3.8) is 0 Å². The van der Waals surface area contributed by atoms with E-state index < -0.39 is 0 Å². The maximum atomic E-state index is 5.38. The Bertz CT molecular complexity index is 542. The first-order valence-corrected chi connectivity index (χ1v) is 6.65. The number of ether oxygens (including phenoxy) is 2. The van der Waals surface area contributed by atoms with Crippen molar-refractivity contribution in [1.29, 1.82) is 0 Å². The lowest BCUT2D eigenvalue weighted by atomic mass is 10.3. The molecule has 5 nitrogen and oxygen atoms in total. The number of hydrogen-bond donors (Lipinski definition) is 1. The highest BCUT2D eigenvalue weighted by Crippen LogP contribution is 2.28. The summed E-state index contributed by atoms with van der Waals surface area (Å²) in [4.78, 5) is 4.29. The van der Waals surface area contributed by atoms with Gasteiger partial charge in [-0.25, -0.2) is 4.98 Å². The second-order valence-electron chi connectivity index (χ2n) is 3.86. The Labute approximate surface area is 120 Å². The molecule has 1 aromatic heterocycles.